The molecule has 1 heterocycles. The Morgan fingerprint density at radius 2 is 2.62 bits per heavy atom. The van der Waals surface area contributed by atoms with Crippen LogP contribution in [0.15, 0.2) is 4.40 Å². The van der Waals surface area contributed by atoms with Crippen LogP contribution in [0.4, 0.5) is 0 Å². The van der Waals surface area contributed by atoms with Crippen molar-refractivity contribution in [3.8, 4) is 0 Å². The first-order valence-electron chi connectivity index (χ1n) is 1.86. The van der Waals surface area contributed by atoms with E-state index < -0.39 is 0 Å². The van der Waals surface area contributed by atoms with Crippen molar-refractivity contribution >= 4 is 44.8 Å². The van der Waals surface area contributed by atoms with Crippen molar-refractivity contribution in [2.45, 2.75) is 5.25 Å². The fourth-order valence-electron chi connectivity index (χ4n) is 0.274. The average molecular weight is 168 g/mol. The zero-order chi connectivity index (χ0) is 5.98. The number of rotatable bonds is 1. The fraction of sp³-hybridized carbons (Fsp3) is 0.333. The lowest BCUT2D eigenvalue weighted by Crippen LogP contribution is -2.07. The maximum Gasteiger partial charge on any atom is 0.140 e. The van der Waals surface area contributed by atoms with Gasteiger partial charge in [0.15, 0.2) is 0 Å². The standard InChI is InChI=1S/C3H2ClNOS2/c4-3-2(1-6)7-8-5-3/h1-2H. The van der Waals surface area contributed by atoms with Gasteiger partial charge in [-0.1, -0.05) is 22.4 Å². The van der Waals surface area contributed by atoms with Gasteiger partial charge in [0.2, 0.25) is 0 Å². The van der Waals surface area contributed by atoms with Crippen molar-refractivity contribution in [3.05, 3.63) is 0 Å². The van der Waals surface area contributed by atoms with Crippen LogP contribution >= 0.6 is 33.4 Å². The van der Waals surface area contributed by atoms with Crippen molar-refractivity contribution in [1.82, 2.24) is 0 Å². The normalized spacial score (nSPS) is 27.6. The molecule has 0 aromatic carbocycles. The van der Waals surface area contributed by atoms with Crippen LogP contribution in [0.25, 0.3) is 0 Å². The Balaban J connectivity index is 2.58. The Bertz CT molecular complexity index is 137. The molecule has 0 amide bonds. The summed E-state index contributed by atoms with van der Waals surface area (Å²) in [5.74, 6) is 0. The molecule has 0 bridgehead atoms. The van der Waals surface area contributed by atoms with E-state index in [1.807, 2.05) is 0 Å². The van der Waals surface area contributed by atoms with Crippen LogP contribution < -0.4 is 0 Å². The van der Waals surface area contributed by atoms with Crippen molar-refractivity contribution in [3.63, 3.8) is 0 Å². The second kappa shape index (κ2) is 2.75. The molecular weight excluding hydrogens is 166 g/mol. The van der Waals surface area contributed by atoms with E-state index in [1.165, 1.54) is 21.8 Å². The molecule has 8 heavy (non-hydrogen) atoms. The Labute approximate surface area is 59.6 Å². The highest BCUT2D eigenvalue weighted by atomic mass is 35.5. The highest BCUT2D eigenvalue weighted by Gasteiger charge is 2.19. The molecule has 0 aromatic heterocycles. The summed E-state index contributed by atoms with van der Waals surface area (Å²) in [6.45, 7) is 0. The summed E-state index contributed by atoms with van der Waals surface area (Å²) < 4.78 is 3.72. The number of carbonyl (C=O) groups is 1. The van der Waals surface area contributed by atoms with Crippen LogP contribution in [0.2, 0.25) is 0 Å². The Hall–Kier alpha value is 0.330. The number of hydrogen-bond donors (Lipinski definition) is 0. The van der Waals surface area contributed by atoms with Crippen LogP contribution in [0.3, 0.4) is 0 Å². The van der Waals surface area contributed by atoms with Gasteiger partial charge < -0.3 is 4.79 Å². The monoisotopic (exact) mass is 167 g/mol. The largest absolute Gasteiger partial charge is 0.302 e. The quantitative estimate of drug-likeness (QED) is 0.337. The maximum absolute atomic E-state index is 10.0. The third-order valence-corrected chi connectivity index (χ3v) is 3.18. The molecule has 0 saturated heterocycles. The summed E-state index contributed by atoms with van der Waals surface area (Å²) in [7, 11) is 2.62. The van der Waals surface area contributed by atoms with Crippen LogP contribution in [0.1, 0.15) is 0 Å². The minimum absolute atomic E-state index is 0.221. The second-order valence-electron chi connectivity index (χ2n) is 1.14. The lowest BCUT2D eigenvalue weighted by Gasteiger charge is -1.89. The predicted octanol–water partition coefficient (Wildman–Crippen LogP) is 1.50. The van der Waals surface area contributed by atoms with E-state index in [9.17, 15) is 4.79 Å². The molecular formula is C3H2ClNOS2. The molecule has 44 valence electrons. The maximum atomic E-state index is 10.0. The first-order valence-corrected chi connectivity index (χ1v) is 4.40. The van der Waals surface area contributed by atoms with E-state index in [0.717, 1.165) is 6.29 Å². The molecule has 1 aliphatic rings. The van der Waals surface area contributed by atoms with Crippen LogP contribution in [-0.4, -0.2) is 16.7 Å². The minimum atomic E-state index is -0.221. The van der Waals surface area contributed by atoms with Gasteiger partial charge in [-0.2, -0.15) is 4.40 Å². The first kappa shape index (κ1) is 6.45. The zero-order valence-corrected chi connectivity index (χ0v) is 6.09. The molecule has 0 aliphatic carbocycles. The average Bonchev–Trinajstić information content (AvgIpc) is 2.14. The third-order valence-electron chi connectivity index (χ3n) is 0.630. The van der Waals surface area contributed by atoms with Gasteiger partial charge in [-0.25, -0.2) is 0 Å². The van der Waals surface area contributed by atoms with E-state index in [2.05, 4.69) is 4.40 Å². The fourth-order valence-corrected chi connectivity index (χ4v) is 2.47. The third kappa shape index (κ3) is 1.18. The Morgan fingerprint density at radius 3 is 2.88 bits per heavy atom. The summed E-state index contributed by atoms with van der Waals surface area (Å²) in [6, 6.07) is 0. The molecule has 0 N–H and O–H groups in total. The molecule has 0 fully saturated rings. The van der Waals surface area contributed by atoms with Crippen molar-refractivity contribution < 1.29 is 4.79 Å². The van der Waals surface area contributed by atoms with E-state index in [4.69, 9.17) is 11.6 Å². The number of carbonyl (C=O) groups excluding carboxylic acids is 1. The molecule has 0 radical (unpaired) electrons. The molecule has 1 unspecified atom stereocenters. The lowest BCUT2D eigenvalue weighted by atomic mass is 10.5. The first-order chi connectivity index (χ1) is 3.84. The summed E-state index contributed by atoms with van der Waals surface area (Å²) in [6.07, 6.45) is 0.788. The van der Waals surface area contributed by atoms with Gasteiger partial charge in [-0.15, -0.1) is 0 Å². The topological polar surface area (TPSA) is 29.4 Å². The minimum Gasteiger partial charge on any atom is -0.302 e. The summed E-state index contributed by atoms with van der Waals surface area (Å²) in [5, 5.41) is 0.177. The van der Waals surface area contributed by atoms with Gasteiger partial charge in [0.25, 0.3) is 0 Å². The summed E-state index contributed by atoms with van der Waals surface area (Å²) in [4.78, 5) is 10.0. The Morgan fingerprint density at radius 1 is 1.88 bits per heavy atom. The number of aldehydes is 1. The van der Waals surface area contributed by atoms with Crippen LogP contribution in [0.5, 0.6) is 0 Å². The molecule has 0 saturated carbocycles. The molecule has 1 rings (SSSR count). The van der Waals surface area contributed by atoms with Crippen molar-refractivity contribution in [2.75, 3.05) is 0 Å². The zero-order valence-electron chi connectivity index (χ0n) is 3.70. The Kier molecular flexibility index (Phi) is 2.22. The molecule has 1 aliphatic heterocycles. The number of hydrogen-bond acceptors (Lipinski definition) is 4. The summed E-state index contributed by atoms with van der Waals surface area (Å²) >= 11 is 5.46. The van der Waals surface area contributed by atoms with E-state index in [0.29, 0.717) is 5.17 Å². The van der Waals surface area contributed by atoms with Gasteiger partial charge >= 0.3 is 0 Å². The van der Waals surface area contributed by atoms with E-state index in [1.54, 1.807) is 0 Å². The van der Waals surface area contributed by atoms with Crippen molar-refractivity contribution in [2.24, 2.45) is 4.40 Å². The van der Waals surface area contributed by atoms with Gasteiger partial charge in [0.05, 0.1) is 0 Å². The van der Waals surface area contributed by atoms with Gasteiger partial charge in [0.1, 0.15) is 16.7 Å². The summed E-state index contributed by atoms with van der Waals surface area (Å²) in [5.41, 5.74) is 0. The highest BCUT2D eigenvalue weighted by Crippen LogP contribution is 2.35. The smallest absolute Gasteiger partial charge is 0.140 e. The SMILES string of the molecule is O=CC1SSN=C1Cl. The van der Waals surface area contributed by atoms with Crippen LogP contribution in [0, 0.1) is 0 Å². The molecule has 5 heteroatoms. The van der Waals surface area contributed by atoms with Gasteiger partial charge in [-0.3, -0.25) is 0 Å². The predicted molar refractivity (Wildman–Crippen MR) is 38.3 cm³/mol. The second-order valence-corrected chi connectivity index (χ2v) is 3.59. The lowest BCUT2D eigenvalue weighted by molar-refractivity contribution is -0.106. The van der Waals surface area contributed by atoms with Gasteiger partial charge in [-0.05, 0) is 0 Å². The molecule has 0 spiro atoms. The van der Waals surface area contributed by atoms with Crippen LogP contribution in [-0.2, 0) is 4.79 Å². The highest BCUT2D eigenvalue weighted by molar-refractivity contribution is 8.77. The molecule has 1 atom stereocenters. The van der Waals surface area contributed by atoms with Gasteiger partial charge in [0, 0.05) is 11.0 Å². The number of nitrogens with zero attached hydrogens (tertiary/aromatic N) is 1. The number of halogens is 1. The van der Waals surface area contributed by atoms with E-state index in [-0.39, 0.29) is 5.25 Å². The molecule has 2 nitrogen and oxygen atoms in total. The van der Waals surface area contributed by atoms with Crippen molar-refractivity contribution in [1.29, 1.82) is 0 Å². The molecule has 0 aromatic rings. The van der Waals surface area contributed by atoms with E-state index >= 15 is 0 Å².